The second kappa shape index (κ2) is 5.95. The van der Waals surface area contributed by atoms with Gasteiger partial charge in [-0.3, -0.25) is 0 Å². The lowest BCUT2D eigenvalue weighted by atomic mass is 10.1. The number of oxime groups is 1. The van der Waals surface area contributed by atoms with Crippen LogP contribution in [0, 0.1) is 0 Å². The molecule has 0 saturated carbocycles. The molecule has 0 aliphatic carbocycles. The van der Waals surface area contributed by atoms with E-state index in [-0.39, 0.29) is 0 Å². The molecule has 2 N–H and O–H groups in total. The Kier molecular flexibility index (Phi) is 4.88. The molecule has 5 heteroatoms. The molecule has 82 valence electrons. The fourth-order valence-corrected chi connectivity index (χ4v) is 1.46. The maximum absolute atomic E-state index is 5.90. The minimum atomic E-state index is 0.495. The number of benzene rings is 1. The lowest BCUT2D eigenvalue weighted by molar-refractivity contribution is 0.213. The van der Waals surface area contributed by atoms with Crippen molar-refractivity contribution in [3.05, 3.63) is 33.8 Å². The van der Waals surface area contributed by atoms with Crippen molar-refractivity contribution in [2.45, 2.75) is 6.42 Å². The van der Waals surface area contributed by atoms with Crippen molar-refractivity contribution in [2.75, 3.05) is 13.7 Å². The fraction of sp³-hybridized carbons (Fsp3) is 0.300. The van der Waals surface area contributed by atoms with Crippen molar-refractivity contribution in [1.29, 1.82) is 0 Å². The Morgan fingerprint density at radius 3 is 2.67 bits per heavy atom. The summed E-state index contributed by atoms with van der Waals surface area (Å²) in [7, 11) is 1.49. The van der Waals surface area contributed by atoms with E-state index in [0.29, 0.717) is 23.0 Å². The molecule has 0 amide bonds. The molecule has 0 saturated heterocycles. The monoisotopic (exact) mass is 246 g/mol. The molecule has 0 atom stereocenters. The third kappa shape index (κ3) is 3.38. The predicted molar refractivity (Wildman–Crippen MR) is 63.7 cm³/mol. The predicted octanol–water partition coefficient (Wildman–Crippen LogP) is 2.69. The molecule has 0 aliphatic heterocycles. The summed E-state index contributed by atoms with van der Waals surface area (Å²) in [6.07, 6.45) is 0.631. The first-order chi connectivity index (χ1) is 7.19. The van der Waals surface area contributed by atoms with E-state index in [0.717, 1.165) is 11.3 Å². The molecule has 1 aromatic carbocycles. The number of nitrogens with two attached hydrogens (primary N) is 1. The zero-order chi connectivity index (χ0) is 11.3. The van der Waals surface area contributed by atoms with E-state index in [9.17, 15) is 0 Å². The maximum atomic E-state index is 5.90. The van der Waals surface area contributed by atoms with E-state index in [1.165, 1.54) is 7.11 Å². The summed E-state index contributed by atoms with van der Waals surface area (Å²) in [5, 5.41) is 4.90. The van der Waals surface area contributed by atoms with Gasteiger partial charge in [-0.15, -0.1) is 0 Å². The molecule has 0 bridgehead atoms. The van der Waals surface area contributed by atoms with Crippen molar-refractivity contribution >= 4 is 28.9 Å². The molecule has 1 aromatic rings. The van der Waals surface area contributed by atoms with Crippen molar-refractivity contribution in [3.63, 3.8) is 0 Å². The first kappa shape index (κ1) is 12.3. The third-order valence-corrected chi connectivity index (χ3v) is 2.57. The fourth-order valence-electron chi connectivity index (χ4n) is 1.17. The number of halogens is 2. The van der Waals surface area contributed by atoms with E-state index in [2.05, 4.69) is 5.16 Å². The van der Waals surface area contributed by atoms with Gasteiger partial charge in [0.15, 0.2) is 0 Å². The lowest BCUT2D eigenvalue weighted by Gasteiger charge is -2.05. The second-order valence-electron chi connectivity index (χ2n) is 2.89. The molecule has 0 radical (unpaired) electrons. The van der Waals surface area contributed by atoms with Crippen LogP contribution in [-0.4, -0.2) is 19.4 Å². The molecule has 0 heterocycles. The average molecular weight is 247 g/mol. The largest absolute Gasteiger partial charge is 0.399 e. The van der Waals surface area contributed by atoms with Gasteiger partial charge in [-0.2, -0.15) is 0 Å². The Morgan fingerprint density at radius 1 is 1.40 bits per heavy atom. The van der Waals surface area contributed by atoms with Crippen LogP contribution in [0.2, 0.25) is 10.0 Å². The van der Waals surface area contributed by atoms with Crippen LogP contribution < -0.4 is 5.73 Å². The minimum Gasteiger partial charge on any atom is -0.399 e. The number of hydrogen-bond acceptors (Lipinski definition) is 3. The average Bonchev–Trinajstić information content (AvgIpc) is 2.22. The van der Waals surface area contributed by atoms with Gasteiger partial charge in [0.1, 0.15) is 7.11 Å². The quantitative estimate of drug-likeness (QED) is 0.656. The molecule has 0 aliphatic rings. The topological polar surface area (TPSA) is 47.6 Å². The van der Waals surface area contributed by atoms with E-state index >= 15 is 0 Å². The van der Waals surface area contributed by atoms with Crippen molar-refractivity contribution in [2.24, 2.45) is 10.9 Å². The Balaban J connectivity index is 3.01. The molecule has 0 aromatic heterocycles. The van der Waals surface area contributed by atoms with Crippen LogP contribution in [0.4, 0.5) is 0 Å². The summed E-state index contributed by atoms with van der Waals surface area (Å²) >= 11 is 11.7. The highest BCUT2D eigenvalue weighted by molar-refractivity contribution is 6.42. The zero-order valence-corrected chi connectivity index (χ0v) is 9.85. The third-order valence-electron chi connectivity index (χ3n) is 1.84. The van der Waals surface area contributed by atoms with Gasteiger partial charge in [-0.05, 0) is 18.7 Å². The van der Waals surface area contributed by atoms with Gasteiger partial charge in [0.25, 0.3) is 0 Å². The van der Waals surface area contributed by atoms with Crippen LogP contribution in [-0.2, 0) is 4.84 Å². The highest BCUT2D eigenvalue weighted by atomic mass is 35.5. The highest BCUT2D eigenvalue weighted by Gasteiger charge is 2.06. The summed E-state index contributed by atoms with van der Waals surface area (Å²) in [4.78, 5) is 4.74. The lowest BCUT2D eigenvalue weighted by Crippen LogP contribution is -2.09. The Hall–Kier alpha value is -0.770. The van der Waals surface area contributed by atoms with E-state index in [1.807, 2.05) is 6.07 Å². The smallest absolute Gasteiger partial charge is 0.106 e. The molecule has 0 spiro atoms. The van der Waals surface area contributed by atoms with Crippen LogP contribution in [0.25, 0.3) is 0 Å². The van der Waals surface area contributed by atoms with Crippen molar-refractivity contribution in [3.8, 4) is 0 Å². The van der Waals surface area contributed by atoms with Crippen LogP contribution in [0.3, 0.4) is 0 Å². The molecular formula is C10H12Cl2N2O. The molecule has 1 rings (SSSR count). The summed E-state index contributed by atoms with van der Waals surface area (Å²) < 4.78 is 0. The van der Waals surface area contributed by atoms with E-state index in [4.69, 9.17) is 33.8 Å². The molecule has 0 fully saturated rings. The Bertz CT molecular complexity index is 366. The number of nitrogens with zero attached hydrogens (tertiary/aromatic N) is 1. The van der Waals surface area contributed by atoms with E-state index < -0.39 is 0 Å². The first-order valence-electron chi connectivity index (χ1n) is 4.44. The Labute approximate surface area is 98.8 Å². The van der Waals surface area contributed by atoms with Gasteiger partial charge in [-0.1, -0.05) is 34.4 Å². The van der Waals surface area contributed by atoms with Crippen molar-refractivity contribution < 1.29 is 4.84 Å². The van der Waals surface area contributed by atoms with Crippen LogP contribution in [0.1, 0.15) is 12.0 Å². The SMILES string of the molecule is CON=C(CCN)c1ccc(Cl)c(Cl)c1. The molecular weight excluding hydrogens is 235 g/mol. The summed E-state index contributed by atoms with van der Waals surface area (Å²) in [5.74, 6) is 0. The normalized spacial score (nSPS) is 11.6. The van der Waals surface area contributed by atoms with Gasteiger partial charge in [-0.25, -0.2) is 0 Å². The van der Waals surface area contributed by atoms with Gasteiger partial charge in [0, 0.05) is 12.0 Å². The van der Waals surface area contributed by atoms with Crippen molar-refractivity contribution in [1.82, 2.24) is 0 Å². The van der Waals surface area contributed by atoms with Gasteiger partial charge in [0.05, 0.1) is 15.8 Å². The highest BCUT2D eigenvalue weighted by Crippen LogP contribution is 2.23. The number of hydrogen-bond donors (Lipinski definition) is 1. The molecule has 15 heavy (non-hydrogen) atoms. The van der Waals surface area contributed by atoms with Gasteiger partial charge in [0.2, 0.25) is 0 Å². The summed E-state index contributed by atoms with van der Waals surface area (Å²) in [6.45, 7) is 0.502. The first-order valence-corrected chi connectivity index (χ1v) is 5.20. The van der Waals surface area contributed by atoms with Crippen LogP contribution >= 0.6 is 23.2 Å². The summed E-state index contributed by atoms with van der Waals surface area (Å²) in [5.41, 5.74) is 7.10. The zero-order valence-electron chi connectivity index (χ0n) is 8.34. The maximum Gasteiger partial charge on any atom is 0.106 e. The second-order valence-corrected chi connectivity index (χ2v) is 3.70. The standard InChI is InChI=1S/C10H12Cl2N2O/c1-15-14-10(4-5-13)7-2-3-8(11)9(12)6-7/h2-3,6H,4-5,13H2,1H3. The van der Waals surface area contributed by atoms with Crippen LogP contribution in [0.5, 0.6) is 0 Å². The minimum absolute atomic E-state index is 0.495. The Morgan fingerprint density at radius 2 is 2.13 bits per heavy atom. The van der Waals surface area contributed by atoms with E-state index in [1.54, 1.807) is 12.1 Å². The van der Waals surface area contributed by atoms with Gasteiger partial charge < -0.3 is 10.6 Å². The van der Waals surface area contributed by atoms with Crippen LogP contribution in [0.15, 0.2) is 23.4 Å². The summed E-state index contributed by atoms with van der Waals surface area (Å²) in [6, 6.07) is 5.31. The molecule has 0 unspecified atom stereocenters. The molecule has 3 nitrogen and oxygen atoms in total. The van der Waals surface area contributed by atoms with Gasteiger partial charge >= 0.3 is 0 Å². The number of rotatable bonds is 4.